The molecule has 0 saturated heterocycles. The van der Waals surface area contributed by atoms with Crippen molar-refractivity contribution < 1.29 is 19.4 Å². The molecule has 0 aliphatic heterocycles. The maximum Gasteiger partial charge on any atom is 0.407 e. The van der Waals surface area contributed by atoms with E-state index in [4.69, 9.17) is 4.74 Å². The number of hydrogen-bond acceptors (Lipinski definition) is 4. The number of benzene rings is 2. The quantitative estimate of drug-likeness (QED) is 0.492. The zero-order chi connectivity index (χ0) is 20.4. The van der Waals surface area contributed by atoms with Crippen molar-refractivity contribution in [2.24, 2.45) is 0 Å². The van der Waals surface area contributed by atoms with Gasteiger partial charge in [0, 0.05) is 15.3 Å². The highest BCUT2D eigenvalue weighted by Gasteiger charge is 2.29. The first-order valence-corrected chi connectivity index (χ1v) is 10.8. The molecule has 7 heteroatoms. The van der Waals surface area contributed by atoms with E-state index in [0.29, 0.717) is 0 Å². The summed E-state index contributed by atoms with van der Waals surface area (Å²) >= 11 is 4.79. The highest BCUT2D eigenvalue weighted by atomic mass is 79.9. The summed E-state index contributed by atoms with van der Waals surface area (Å²) < 4.78 is 6.31. The Morgan fingerprint density at radius 2 is 1.69 bits per heavy atom. The third-order valence-electron chi connectivity index (χ3n) is 4.98. The Morgan fingerprint density at radius 1 is 1.07 bits per heavy atom. The van der Waals surface area contributed by atoms with Crippen LogP contribution in [0.2, 0.25) is 0 Å². The van der Waals surface area contributed by atoms with Gasteiger partial charge in [0.15, 0.2) is 0 Å². The normalized spacial score (nSPS) is 13.4. The predicted octanol–water partition coefficient (Wildman–Crippen LogP) is 5.57. The first-order chi connectivity index (χ1) is 14.0. The molecule has 1 amide bonds. The largest absolute Gasteiger partial charge is 0.481 e. The number of fused-ring (bicyclic) bond motifs is 3. The van der Waals surface area contributed by atoms with Crippen molar-refractivity contribution in [1.29, 1.82) is 0 Å². The fourth-order valence-corrected chi connectivity index (χ4v) is 5.42. The number of aliphatic carboxylic acids is 1. The first kappa shape index (κ1) is 19.7. The lowest BCUT2D eigenvalue weighted by Gasteiger charge is -2.18. The second kappa shape index (κ2) is 8.39. The van der Waals surface area contributed by atoms with Crippen LogP contribution in [0.25, 0.3) is 11.1 Å². The van der Waals surface area contributed by atoms with E-state index in [1.165, 1.54) is 11.3 Å². The van der Waals surface area contributed by atoms with Crippen molar-refractivity contribution in [3.63, 3.8) is 0 Å². The smallest absolute Gasteiger partial charge is 0.407 e. The molecule has 0 spiro atoms. The average molecular weight is 472 g/mol. The molecule has 1 aliphatic carbocycles. The minimum Gasteiger partial charge on any atom is -0.481 e. The van der Waals surface area contributed by atoms with Gasteiger partial charge in [-0.3, -0.25) is 4.79 Å². The van der Waals surface area contributed by atoms with E-state index in [0.717, 1.165) is 31.6 Å². The van der Waals surface area contributed by atoms with Crippen LogP contribution in [0.5, 0.6) is 0 Å². The molecule has 3 aromatic rings. The molecule has 2 aromatic carbocycles. The summed E-state index contributed by atoms with van der Waals surface area (Å²) in [5.74, 6) is -1.03. The zero-order valence-corrected chi connectivity index (χ0v) is 17.7. The van der Waals surface area contributed by atoms with Gasteiger partial charge in [0.1, 0.15) is 6.61 Å². The van der Waals surface area contributed by atoms with Gasteiger partial charge in [-0.05, 0) is 49.6 Å². The second-order valence-electron chi connectivity index (χ2n) is 6.75. The number of rotatable bonds is 6. The van der Waals surface area contributed by atoms with Gasteiger partial charge >= 0.3 is 12.1 Å². The molecule has 4 rings (SSSR count). The second-order valence-corrected chi connectivity index (χ2v) is 8.56. The SMILES string of the molecule is O=C(O)C[C@@H](NC(=O)OCC1c2ccccc2-c2ccccc21)c1sccc1Br. The highest BCUT2D eigenvalue weighted by Crippen LogP contribution is 2.44. The molecule has 0 radical (unpaired) electrons. The highest BCUT2D eigenvalue weighted by molar-refractivity contribution is 9.10. The Morgan fingerprint density at radius 3 is 2.24 bits per heavy atom. The molecule has 5 nitrogen and oxygen atoms in total. The Kier molecular flexibility index (Phi) is 5.69. The lowest BCUT2D eigenvalue weighted by atomic mass is 9.98. The molecular formula is C22H18BrNO4S. The van der Waals surface area contributed by atoms with Crippen LogP contribution in [0.15, 0.2) is 64.5 Å². The van der Waals surface area contributed by atoms with Gasteiger partial charge in [0.25, 0.3) is 0 Å². The lowest BCUT2D eigenvalue weighted by Crippen LogP contribution is -2.31. The van der Waals surface area contributed by atoms with Crippen molar-refractivity contribution >= 4 is 39.3 Å². The predicted molar refractivity (Wildman–Crippen MR) is 115 cm³/mol. The standard InChI is InChI=1S/C22H18BrNO4S/c23-18-9-10-29-21(18)19(11-20(25)26)24-22(27)28-12-17-15-7-3-1-5-13(15)14-6-2-4-8-16(14)17/h1-10,17,19H,11-12H2,(H,24,27)(H,25,26)/t19-/m1/s1. The Bertz CT molecular complexity index is 1020. The van der Waals surface area contributed by atoms with Crippen LogP contribution in [0.3, 0.4) is 0 Å². The van der Waals surface area contributed by atoms with Crippen LogP contribution in [0.1, 0.15) is 34.4 Å². The van der Waals surface area contributed by atoms with Crippen molar-refractivity contribution in [2.75, 3.05) is 6.61 Å². The molecule has 0 bridgehead atoms. The van der Waals surface area contributed by atoms with E-state index in [2.05, 4.69) is 45.5 Å². The fraction of sp³-hybridized carbons (Fsp3) is 0.182. The number of halogens is 1. The Labute approximate surface area is 180 Å². The summed E-state index contributed by atoms with van der Waals surface area (Å²) in [6, 6.07) is 17.4. The number of amides is 1. The Hall–Kier alpha value is -2.64. The summed E-state index contributed by atoms with van der Waals surface area (Å²) in [6.45, 7) is 0.186. The molecule has 0 fully saturated rings. The van der Waals surface area contributed by atoms with Gasteiger partial charge in [-0.15, -0.1) is 11.3 Å². The number of nitrogens with one attached hydrogen (secondary N) is 1. The van der Waals surface area contributed by atoms with Gasteiger partial charge in [-0.25, -0.2) is 4.79 Å². The van der Waals surface area contributed by atoms with Crippen molar-refractivity contribution in [1.82, 2.24) is 5.32 Å². The van der Waals surface area contributed by atoms with Crippen LogP contribution in [-0.4, -0.2) is 23.8 Å². The number of ether oxygens (including phenoxy) is 1. The van der Waals surface area contributed by atoms with Crippen molar-refractivity contribution in [3.8, 4) is 11.1 Å². The van der Waals surface area contributed by atoms with Gasteiger partial charge in [-0.2, -0.15) is 0 Å². The van der Waals surface area contributed by atoms with Crippen LogP contribution in [0.4, 0.5) is 4.79 Å². The van der Waals surface area contributed by atoms with Crippen molar-refractivity contribution in [2.45, 2.75) is 18.4 Å². The first-order valence-electron chi connectivity index (χ1n) is 9.10. The number of alkyl carbamates (subject to hydrolysis) is 1. The summed E-state index contributed by atoms with van der Waals surface area (Å²) in [4.78, 5) is 24.5. The van der Waals surface area contributed by atoms with E-state index in [9.17, 15) is 14.7 Å². The van der Waals surface area contributed by atoms with Crippen LogP contribution in [-0.2, 0) is 9.53 Å². The zero-order valence-electron chi connectivity index (χ0n) is 15.3. The topological polar surface area (TPSA) is 75.6 Å². The maximum absolute atomic E-state index is 12.5. The van der Waals surface area contributed by atoms with Crippen LogP contribution >= 0.6 is 27.3 Å². The van der Waals surface area contributed by atoms with E-state index >= 15 is 0 Å². The summed E-state index contributed by atoms with van der Waals surface area (Å²) in [5, 5.41) is 13.7. The number of carbonyl (C=O) groups excluding carboxylic acids is 1. The molecule has 0 unspecified atom stereocenters. The number of carboxylic acids is 1. The van der Waals surface area contributed by atoms with Gasteiger partial charge < -0.3 is 15.2 Å². The third kappa shape index (κ3) is 4.06. The van der Waals surface area contributed by atoms with Crippen molar-refractivity contribution in [3.05, 3.63) is 80.5 Å². The summed E-state index contributed by atoms with van der Waals surface area (Å²) in [7, 11) is 0. The van der Waals surface area contributed by atoms with Gasteiger partial charge in [0.2, 0.25) is 0 Å². The minimum absolute atomic E-state index is 0.0421. The fourth-order valence-electron chi connectivity index (χ4n) is 3.72. The van der Waals surface area contributed by atoms with E-state index in [1.54, 1.807) is 0 Å². The Balaban J connectivity index is 1.48. The molecule has 1 atom stereocenters. The lowest BCUT2D eigenvalue weighted by molar-refractivity contribution is -0.137. The number of hydrogen-bond donors (Lipinski definition) is 2. The molecule has 1 heterocycles. The number of carbonyl (C=O) groups is 2. The number of carboxylic acid groups (broad SMARTS) is 1. The summed E-state index contributed by atoms with van der Waals surface area (Å²) in [6.07, 6.45) is -0.845. The third-order valence-corrected chi connectivity index (χ3v) is 6.96. The molecule has 29 heavy (non-hydrogen) atoms. The summed E-state index contributed by atoms with van der Waals surface area (Å²) in [5.41, 5.74) is 4.57. The van der Waals surface area contributed by atoms with E-state index in [1.807, 2.05) is 35.7 Å². The monoisotopic (exact) mass is 471 g/mol. The number of thiophene rings is 1. The van der Waals surface area contributed by atoms with E-state index in [-0.39, 0.29) is 18.9 Å². The minimum atomic E-state index is -0.991. The maximum atomic E-state index is 12.5. The van der Waals surface area contributed by atoms with E-state index < -0.39 is 18.1 Å². The molecule has 1 aliphatic rings. The average Bonchev–Trinajstić information content (AvgIpc) is 3.27. The van der Waals surface area contributed by atoms with Crippen LogP contribution in [0, 0.1) is 0 Å². The molecule has 1 aromatic heterocycles. The molecule has 148 valence electrons. The van der Waals surface area contributed by atoms with Gasteiger partial charge in [-0.1, -0.05) is 48.5 Å². The van der Waals surface area contributed by atoms with Gasteiger partial charge in [0.05, 0.1) is 12.5 Å². The molecular weight excluding hydrogens is 454 g/mol. The van der Waals surface area contributed by atoms with Crippen LogP contribution < -0.4 is 5.32 Å². The molecule has 2 N–H and O–H groups in total. The molecule has 0 saturated carbocycles.